The van der Waals surface area contributed by atoms with Gasteiger partial charge in [0.2, 0.25) is 0 Å². The minimum atomic E-state index is 0.137. The van der Waals surface area contributed by atoms with Gasteiger partial charge >= 0.3 is 6.03 Å². The summed E-state index contributed by atoms with van der Waals surface area (Å²) in [7, 11) is 0. The number of urea groups is 1. The van der Waals surface area contributed by atoms with Gasteiger partial charge in [-0.25, -0.2) is 9.78 Å². The highest BCUT2D eigenvalue weighted by Gasteiger charge is 2.32. The van der Waals surface area contributed by atoms with Crippen LogP contribution in [0.15, 0.2) is 12.4 Å². The number of amides is 2. The van der Waals surface area contributed by atoms with E-state index in [4.69, 9.17) is 0 Å². The van der Waals surface area contributed by atoms with E-state index in [9.17, 15) is 4.79 Å². The SMILES string of the molecule is CC(C)c1nccn1CC1CN(C(=O)NC2CCCCC2)C1. The molecule has 2 aliphatic rings. The molecule has 0 unspecified atom stereocenters. The topological polar surface area (TPSA) is 50.2 Å². The fraction of sp³-hybridized carbons (Fsp3) is 0.765. The molecule has 1 aliphatic heterocycles. The van der Waals surface area contributed by atoms with E-state index in [-0.39, 0.29) is 6.03 Å². The zero-order valence-electron chi connectivity index (χ0n) is 13.8. The smallest absolute Gasteiger partial charge is 0.317 e. The van der Waals surface area contributed by atoms with Gasteiger partial charge in [0.25, 0.3) is 0 Å². The molecule has 1 aromatic rings. The van der Waals surface area contributed by atoms with Crippen LogP contribution < -0.4 is 5.32 Å². The first-order valence-electron chi connectivity index (χ1n) is 8.70. The third-order valence-corrected chi connectivity index (χ3v) is 4.90. The lowest BCUT2D eigenvalue weighted by Crippen LogP contribution is -2.56. The first-order valence-corrected chi connectivity index (χ1v) is 8.70. The van der Waals surface area contributed by atoms with Crippen LogP contribution in [0.2, 0.25) is 0 Å². The Balaban J connectivity index is 1.43. The first kappa shape index (κ1) is 15.4. The highest BCUT2D eigenvalue weighted by atomic mass is 16.2. The second-order valence-electron chi connectivity index (χ2n) is 7.15. The number of carbonyl (C=O) groups excluding carboxylic acids is 1. The molecule has 2 fully saturated rings. The highest BCUT2D eigenvalue weighted by molar-refractivity contribution is 5.75. The molecular weight excluding hydrogens is 276 g/mol. The van der Waals surface area contributed by atoms with Gasteiger partial charge in [0.1, 0.15) is 5.82 Å². The molecule has 0 atom stereocenters. The van der Waals surface area contributed by atoms with Crippen LogP contribution in [0.1, 0.15) is 57.7 Å². The first-order chi connectivity index (χ1) is 10.6. The summed E-state index contributed by atoms with van der Waals surface area (Å²) in [6, 6.07) is 0.541. The van der Waals surface area contributed by atoms with Crippen LogP contribution in [-0.2, 0) is 6.54 Å². The number of hydrogen-bond donors (Lipinski definition) is 1. The molecule has 0 aromatic carbocycles. The molecule has 3 rings (SSSR count). The summed E-state index contributed by atoms with van der Waals surface area (Å²) in [5.74, 6) is 2.15. The molecule has 2 amide bonds. The van der Waals surface area contributed by atoms with Gasteiger partial charge in [-0.15, -0.1) is 0 Å². The molecule has 0 bridgehead atoms. The van der Waals surface area contributed by atoms with Crippen molar-refractivity contribution in [2.75, 3.05) is 13.1 Å². The van der Waals surface area contributed by atoms with E-state index < -0.39 is 0 Å². The molecule has 1 aliphatic carbocycles. The minimum absolute atomic E-state index is 0.137. The molecule has 0 spiro atoms. The van der Waals surface area contributed by atoms with Gasteiger partial charge in [0.15, 0.2) is 0 Å². The Morgan fingerprint density at radius 2 is 2.05 bits per heavy atom. The minimum Gasteiger partial charge on any atom is -0.335 e. The zero-order valence-corrected chi connectivity index (χ0v) is 13.8. The van der Waals surface area contributed by atoms with Crippen LogP contribution in [0.3, 0.4) is 0 Å². The monoisotopic (exact) mass is 304 g/mol. The maximum Gasteiger partial charge on any atom is 0.317 e. The summed E-state index contributed by atoms with van der Waals surface area (Å²) in [6.45, 7) is 7.05. The molecule has 1 saturated carbocycles. The largest absolute Gasteiger partial charge is 0.335 e. The Hall–Kier alpha value is -1.52. The van der Waals surface area contributed by atoms with Crippen molar-refractivity contribution in [1.82, 2.24) is 19.8 Å². The Labute approximate surface area is 133 Å². The molecule has 122 valence electrons. The molecule has 2 heterocycles. The average Bonchev–Trinajstić information content (AvgIpc) is 2.91. The van der Waals surface area contributed by atoms with E-state index in [1.807, 2.05) is 11.1 Å². The summed E-state index contributed by atoms with van der Waals surface area (Å²) in [5, 5.41) is 3.20. The number of nitrogens with zero attached hydrogens (tertiary/aromatic N) is 3. The predicted octanol–water partition coefficient (Wildman–Crippen LogP) is 2.98. The average molecular weight is 304 g/mol. The number of carbonyl (C=O) groups is 1. The van der Waals surface area contributed by atoms with Crippen LogP contribution >= 0.6 is 0 Å². The van der Waals surface area contributed by atoms with E-state index in [1.165, 1.54) is 19.3 Å². The second-order valence-corrected chi connectivity index (χ2v) is 7.15. The summed E-state index contributed by atoms with van der Waals surface area (Å²) in [4.78, 5) is 18.6. The molecule has 0 radical (unpaired) electrons. The van der Waals surface area contributed by atoms with Crippen LogP contribution in [0.4, 0.5) is 4.79 Å². The standard InChI is InChI=1S/C17H28N4O/c1-13(2)16-18-8-9-20(16)10-14-11-21(12-14)17(22)19-15-6-4-3-5-7-15/h8-9,13-15H,3-7,10-12H2,1-2H3,(H,19,22). The fourth-order valence-corrected chi connectivity index (χ4v) is 3.62. The number of hydrogen-bond acceptors (Lipinski definition) is 2. The Morgan fingerprint density at radius 3 is 2.73 bits per heavy atom. The van der Waals surface area contributed by atoms with E-state index in [0.29, 0.717) is 17.9 Å². The fourth-order valence-electron chi connectivity index (χ4n) is 3.62. The van der Waals surface area contributed by atoms with Crippen molar-refractivity contribution in [2.45, 2.75) is 64.5 Å². The Morgan fingerprint density at radius 1 is 1.32 bits per heavy atom. The molecule has 1 saturated heterocycles. The number of nitrogens with one attached hydrogen (secondary N) is 1. The number of aromatic nitrogens is 2. The van der Waals surface area contributed by atoms with Gasteiger partial charge < -0.3 is 14.8 Å². The lowest BCUT2D eigenvalue weighted by Gasteiger charge is -2.40. The molecular formula is C17H28N4O. The summed E-state index contributed by atoms with van der Waals surface area (Å²) < 4.78 is 2.24. The van der Waals surface area contributed by atoms with Crippen molar-refractivity contribution in [3.8, 4) is 0 Å². The van der Waals surface area contributed by atoms with Crippen LogP contribution in [-0.4, -0.2) is 39.6 Å². The van der Waals surface area contributed by atoms with Gasteiger partial charge in [-0.2, -0.15) is 0 Å². The summed E-state index contributed by atoms with van der Waals surface area (Å²) in [6.07, 6.45) is 10.1. The Bertz CT molecular complexity index is 499. The predicted molar refractivity (Wildman–Crippen MR) is 86.8 cm³/mol. The van der Waals surface area contributed by atoms with Crippen molar-refractivity contribution in [3.05, 3.63) is 18.2 Å². The number of likely N-dealkylation sites (tertiary alicyclic amines) is 1. The van der Waals surface area contributed by atoms with Gasteiger partial charge in [-0.05, 0) is 12.8 Å². The summed E-state index contributed by atoms with van der Waals surface area (Å²) in [5.41, 5.74) is 0. The van der Waals surface area contributed by atoms with Crippen LogP contribution in [0, 0.1) is 5.92 Å². The number of imidazole rings is 1. The van der Waals surface area contributed by atoms with Gasteiger partial charge in [-0.1, -0.05) is 33.1 Å². The van der Waals surface area contributed by atoms with Crippen molar-refractivity contribution < 1.29 is 4.79 Å². The summed E-state index contributed by atoms with van der Waals surface area (Å²) >= 11 is 0. The van der Waals surface area contributed by atoms with Crippen molar-refractivity contribution in [3.63, 3.8) is 0 Å². The van der Waals surface area contributed by atoms with E-state index in [2.05, 4.69) is 34.9 Å². The van der Waals surface area contributed by atoms with E-state index in [0.717, 1.165) is 38.3 Å². The Kier molecular flexibility index (Phi) is 4.69. The van der Waals surface area contributed by atoms with Crippen LogP contribution in [0.25, 0.3) is 0 Å². The highest BCUT2D eigenvalue weighted by Crippen LogP contribution is 2.22. The van der Waals surface area contributed by atoms with Crippen molar-refractivity contribution in [2.24, 2.45) is 5.92 Å². The van der Waals surface area contributed by atoms with Gasteiger partial charge in [0.05, 0.1) is 0 Å². The maximum atomic E-state index is 12.2. The lowest BCUT2D eigenvalue weighted by molar-refractivity contribution is 0.106. The van der Waals surface area contributed by atoms with Crippen molar-refractivity contribution >= 4 is 6.03 Å². The zero-order chi connectivity index (χ0) is 15.5. The third-order valence-electron chi connectivity index (χ3n) is 4.90. The normalized spacial score (nSPS) is 20.2. The van der Waals surface area contributed by atoms with Crippen molar-refractivity contribution in [1.29, 1.82) is 0 Å². The number of rotatable bonds is 4. The molecule has 5 heteroatoms. The lowest BCUT2D eigenvalue weighted by atomic mass is 9.95. The third kappa shape index (κ3) is 3.45. The van der Waals surface area contributed by atoms with Gasteiger partial charge in [0, 0.05) is 49.9 Å². The molecule has 1 N–H and O–H groups in total. The van der Waals surface area contributed by atoms with Gasteiger partial charge in [-0.3, -0.25) is 0 Å². The molecule has 1 aromatic heterocycles. The molecule has 5 nitrogen and oxygen atoms in total. The maximum absolute atomic E-state index is 12.2. The van der Waals surface area contributed by atoms with E-state index in [1.54, 1.807) is 0 Å². The molecule has 22 heavy (non-hydrogen) atoms. The quantitative estimate of drug-likeness (QED) is 0.929. The van der Waals surface area contributed by atoms with Crippen LogP contribution in [0.5, 0.6) is 0 Å². The van der Waals surface area contributed by atoms with E-state index >= 15 is 0 Å². The second kappa shape index (κ2) is 6.71.